The Morgan fingerprint density at radius 2 is 2.33 bits per heavy atom. The molecule has 1 rings (SSSR count). The van der Waals surface area contributed by atoms with Gasteiger partial charge in [0.25, 0.3) is 0 Å². The van der Waals surface area contributed by atoms with Crippen molar-refractivity contribution in [3.8, 4) is 0 Å². The predicted molar refractivity (Wildman–Crippen MR) is 57.3 cm³/mol. The van der Waals surface area contributed by atoms with E-state index in [9.17, 15) is 9.00 Å². The fourth-order valence-corrected chi connectivity index (χ4v) is 2.12. The summed E-state index contributed by atoms with van der Waals surface area (Å²) in [4.78, 5) is 10.6. The van der Waals surface area contributed by atoms with Gasteiger partial charge in [0, 0.05) is 16.0 Å². The van der Waals surface area contributed by atoms with Gasteiger partial charge in [-0.05, 0) is 12.5 Å². The number of carboxylic acids is 1. The first-order valence-corrected chi connectivity index (χ1v) is 6.10. The Kier molecular flexibility index (Phi) is 4.08. The fourth-order valence-electron chi connectivity index (χ4n) is 1.04. The molecule has 0 amide bonds. The normalized spacial score (nSPS) is 14.8. The third-order valence-electron chi connectivity index (χ3n) is 2.21. The van der Waals surface area contributed by atoms with Crippen LogP contribution < -0.4 is 0 Å². The summed E-state index contributed by atoms with van der Waals surface area (Å²) in [7, 11) is -1.00. The third kappa shape index (κ3) is 3.20. The van der Waals surface area contributed by atoms with Crippen LogP contribution in [-0.4, -0.2) is 20.5 Å². The molecule has 2 unspecified atom stereocenters. The molecule has 0 bridgehead atoms. The van der Waals surface area contributed by atoms with Gasteiger partial charge in [0.1, 0.15) is 12.0 Å². The number of furan rings is 1. The van der Waals surface area contributed by atoms with Crippen LogP contribution in [0.5, 0.6) is 0 Å². The molecule has 0 spiro atoms. The lowest BCUT2D eigenvalue weighted by molar-refractivity contribution is 0.0696. The van der Waals surface area contributed by atoms with E-state index in [1.54, 1.807) is 0 Å². The fraction of sp³-hybridized carbons (Fsp3) is 0.500. The molecule has 0 saturated heterocycles. The van der Waals surface area contributed by atoms with E-state index in [4.69, 9.17) is 9.52 Å². The Labute approximate surface area is 90.7 Å². The minimum atomic E-state index is -1.03. The molecule has 84 valence electrons. The number of carboxylic acid groups (broad SMARTS) is 1. The molecule has 0 aliphatic rings. The van der Waals surface area contributed by atoms with Crippen molar-refractivity contribution in [2.24, 2.45) is 0 Å². The number of hydrogen-bond acceptors (Lipinski definition) is 3. The van der Waals surface area contributed by atoms with Crippen LogP contribution in [0.25, 0.3) is 0 Å². The molecule has 0 aliphatic carbocycles. The highest BCUT2D eigenvalue weighted by atomic mass is 32.2. The lowest BCUT2D eigenvalue weighted by atomic mass is 10.3. The van der Waals surface area contributed by atoms with E-state index < -0.39 is 16.8 Å². The Balaban J connectivity index is 2.65. The van der Waals surface area contributed by atoms with Crippen molar-refractivity contribution in [3.05, 3.63) is 23.7 Å². The molecule has 0 aliphatic heterocycles. The van der Waals surface area contributed by atoms with Crippen LogP contribution in [0.1, 0.15) is 36.4 Å². The van der Waals surface area contributed by atoms with Crippen molar-refractivity contribution in [3.63, 3.8) is 0 Å². The molecule has 0 radical (unpaired) electrons. The Hall–Kier alpha value is -1.10. The zero-order valence-corrected chi connectivity index (χ0v) is 9.54. The first-order chi connectivity index (χ1) is 7.04. The van der Waals surface area contributed by atoms with Gasteiger partial charge in [-0.25, -0.2) is 4.79 Å². The maximum Gasteiger partial charge on any atom is 0.338 e. The minimum absolute atomic E-state index is 0.100. The van der Waals surface area contributed by atoms with Crippen molar-refractivity contribution in [1.82, 2.24) is 0 Å². The van der Waals surface area contributed by atoms with Crippen LogP contribution in [0.15, 0.2) is 16.7 Å². The molecular formula is C10H14O4S. The average Bonchev–Trinajstić information content (AvgIpc) is 2.65. The summed E-state index contributed by atoms with van der Waals surface area (Å²) in [6.07, 6.45) is 2.00. The van der Waals surface area contributed by atoms with Crippen LogP contribution in [0.2, 0.25) is 0 Å². The summed E-state index contributed by atoms with van der Waals surface area (Å²) < 4.78 is 16.6. The van der Waals surface area contributed by atoms with Crippen molar-refractivity contribution < 1.29 is 18.5 Å². The molecule has 0 fully saturated rings. The van der Waals surface area contributed by atoms with Crippen LogP contribution in [0.4, 0.5) is 0 Å². The van der Waals surface area contributed by atoms with Crippen molar-refractivity contribution in [2.45, 2.75) is 31.3 Å². The van der Waals surface area contributed by atoms with E-state index in [1.165, 1.54) is 12.3 Å². The van der Waals surface area contributed by atoms with Gasteiger partial charge in [-0.1, -0.05) is 13.8 Å². The van der Waals surface area contributed by atoms with E-state index in [-0.39, 0.29) is 16.6 Å². The van der Waals surface area contributed by atoms with Crippen molar-refractivity contribution in [2.75, 3.05) is 0 Å². The highest BCUT2D eigenvalue weighted by Gasteiger charge is 2.14. The van der Waals surface area contributed by atoms with E-state index in [2.05, 4.69) is 0 Å². The van der Waals surface area contributed by atoms with Crippen molar-refractivity contribution >= 4 is 16.8 Å². The zero-order chi connectivity index (χ0) is 11.4. The van der Waals surface area contributed by atoms with E-state index in [1.807, 2.05) is 13.8 Å². The quantitative estimate of drug-likeness (QED) is 0.840. The van der Waals surface area contributed by atoms with E-state index >= 15 is 0 Å². The highest BCUT2D eigenvalue weighted by Crippen LogP contribution is 2.13. The molecule has 5 heteroatoms. The monoisotopic (exact) mass is 230 g/mol. The van der Waals surface area contributed by atoms with Gasteiger partial charge in [0.15, 0.2) is 0 Å². The largest absolute Gasteiger partial charge is 0.478 e. The highest BCUT2D eigenvalue weighted by molar-refractivity contribution is 7.84. The zero-order valence-electron chi connectivity index (χ0n) is 8.73. The molecule has 1 aromatic heterocycles. The Morgan fingerprint density at radius 1 is 1.67 bits per heavy atom. The molecule has 0 aromatic carbocycles. The van der Waals surface area contributed by atoms with Crippen molar-refractivity contribution in [1.29, 1.82) is 0 Å². The van der Waals surface area contributed by atoms with Crippen LogP contribution >= 0.6 is 0 Å². The second-order valence-corrected chi connectivity index (χ2v) is 5.21. The predicted octanol–water partition coefficient (Wildman–Crippen LogP) is 2.03. The number of aromatic carboxylic acids is 1. The molecule has 15 heavy (non-hydrogen) atoms. The number of carbonyl (C=O) groups is 1. The summed E-state index contributed by atoms with van der Waals surface area (Å²) in [5.74, 6) is -0.284. The standard InChI is InChI=1S/C10H14O4S/c1-3-7(2)15(13)6-9-4-8(5-14-9)10(11)12/h4-5,7H,3,6H2,1-2H3,(H,11,12). The van der Waals surface area contributed by atoms with Gasteiger partial charge in [-0.3, -0.25) is 4.21 Å². The molecule has 4 nitrogen and oxygen atoms in total. The number of rotatable bonds is 5. The first-order valence-electron chi connectivity index (χ1n) is 4.72. The van der Waals surface area contributed by atoms with Gasteiger partial charge >= 0.3 is 5.97 Å². The maximum absolute atomic E-state index is 11.6. The van der Waals surface area contributed by atoms with Gasteiger partial charge in [-0.2, -0.15) is 0 Å². The Bertz CT molecular complexity index is 369. The summed E-state index contributed by atoms with van der Waals surface area (Å²) in [5.41, 5.74) is 0.103. The molecule has 2 atom stereocenters. The average molecular weight is 230 g/mol. The molecule has 1 N–H and O–H groups in total. The van der Waals surface area contributed by atoms with E-state index in [0.29, 0.717) is 5.76 Å². The molecule has 1 heterocycles. The third-order valence-corrected chi connectivity index (χ3v) is 4.01. The van der Waals surface area contributed by atoms with Gasteiger partial charge < -0.3 is 9.52 Å². The maximum atomic E-state index is 11.6. The lowest BCUT2D eigenvalue weighted by Gasteiger charge is -2.05. The summed E-state index contributed by atoms with van der Waals surface area (Å²) >= 11 is 0. The summed E-state index contributed by atoms with van der Waals surface area (Å²) in [5, 5.41) is 8.75. The van der Waals surface area contributed by atoms with Gasteiger partial charge in [-0.15, -0.1) is 0 Å². The SMILES string of the molecule is CCC(C)S(=O)Cc1cc(C(=O)O)co1. The lowest BCUT2D eigenvalue weighted by Crippen LogP contribution is -2.10. The summed E-state index contributed by atoms with van der Waals surface area (Å²) in [6.45, 7) is 3.87. The van der Waals surface area contributed by atoms with Gasteiger partial charge in [0.2, 0.25) is 0 Å². The smallest absolute Gasteiger partial charge is 0.338 e. The minimum Gasteiger partial charge on any atom is -0.478 e. The van der Waals surface area contributed by atoms with E-state index in [0.717, 1.165) is 6.42 Å². The molecular weight excluding hydrogens is 216 g/mol. The second kappa shape index (κ2) is 5.11. The molecule has 1 aromatic rings. The van der Waals surface area contributed by atoms with Gasteiger partial charge in [0.05, 0.1) is 11.3 Å². The topological polar surface area (TPSA) is 67.5 Å². The summed E-state index contributed by atoms with van der Waals surface area (Å²) in [6, 6.07) is 1.42. The van der Waals surface area contributed by atoms with Crippen LogP contribution in [0.3, 0.4) is 0 Å². The first kappa shape index (κ1) is 12.0. The Morgan fingerprint density at radius 3 is 2.80 bits per heavy atom. The van der Waals surface area contributed by atoms with Crippen LogP contribution in [-0.2, 0) is 16.6 Å². The second-order valence-electron chi connectivity index (χ2n) is 3.35. The van der Waals surface area contributed by atoms with Crippen LogP contribution in [0, 0.1) is 0 Å². The number of hydrogen-bond donors (Lipinski definition) is 1. The molecule has 0 saturated carbocycles.